The number of benzene rings is 1. The minimum atomic E-state index is -0.109. The predicted octanol–water partition coefficient (Wildman–Crippen LogP) is 1.74. The van der Waals surface area contributed by atoms with Crippen LogP contribution in [0.25, 0.3) is 0 Å². The first-order valence-corrected chi connectivity index (χ1v) is 8.65. The van der Waals surface area contributed by atoms with Crippen LogP contribution in [0, 0.1) is 0 Å². The van der Waals surface area contributed by atoms with Crippen molar-refractivity contribution in [1.82, 2.24) is 10.2 Å². The molecule has 1 atom stereocenters. The molecule has 0 unspecified atom stereocenters. The highest BCUT2D eigenvalue weighted by molar-refractivity contribution is 5.84. The molecule has 3 rings (SSSR count). The van der Waals surface area contributed by atoms with Crippen molar-refractivity contribution < 1.29 is 19.1 Å². The first-order valence-electron chi connectivity index (χ1n) is 8.65. The summed E-state index contributed by atoms with van der Waals surface area (Å²) in [4.78, 5) is 25.6. The Bertz CT molecular complexity index is 590. The van der Waals surface area contributed by atoms with Crippen molar-refractivity contribution in [2.24, 2.45) is 0 Å². The molecule has 6 heteroatoms. The maximum Gasteiger partial charge on any atom is 0.239 e. The van der Waals surface area contributed by atoms with Gasteiger partial charge in [-0.3, -0.25) is 9.59 Å². The summed E-state index contributed by atoms with van der Waals surface area (Å²) in [7, 11) is 0. The standard InChI is InChI=1S/C18H24N2O4/c21-17(12-20-11-5-1-2-8-18(20)22)19-10-9-14-13-23-15-6-3-4-7-16(15)24-14/h3-4,6-7,14H,1-2,5,8-13H2,(H,19,21)/t14-/m0/s1. The average molecular weight is 332 g/mol. The molecule has 1 aromatic carbocycles. The molecule has 24 heavy (non-hydrogen) atoms. The van der Waals surface area contributed by atoms with Gasteiger partial charge in [0.05, 0.1) is 6.54 Å². The second-order valence-corrected chi connectivity index (χ2v) is 6.26. The molecule has 0 aliphatic carbocycles. The van der Waals surface area contributed by atoms with Gasteiger partial charge in [0.2, 0.25) is 11.8 Å². The molecule has 1 aromatic rings. The van der Waals surface area contributed by atoms with E-state index in [2.05, 4.69) is 5.32 Å². The van der Waals surface area contributed by atoms with E-state index in [0.29, 0.717) is 32.5 Å². The van der Waals surface area contributed by atoms with Crippen LogP contribution >= 0.6 is 0 Å². The second-order valence-electron chi connectivity index (χ2n) is 6.26. The first kappa shape index (κ1) is 16.6. The Morgan fingerprint density at radius 2 is 2.04 bits per heavy atom. The van der Waals surface area contributed by atoms with Gasteiger partial charge < -0.3 is 19.7 Å². The van der Waals surface area contributed by atoms with Crippen molar-refractivity contribution in [2.75, 3.05) is 26.2 Å². The van der Waals surface area contributed by atoms with Crippen molar-refractivity contribution in [3.63, 3.8) is 0 Å². The summed E-state index contributed by atoms with van der Waals surface area (Å²) >= 11 is 0. The molecule has 0 aromatic heterocycles. The topological polar surface area (TPSA) is 67.9 Å². The van der Waals surface area contributed by atoms with E-state index in [1.807, 2.05) is 24.3 Å². The molecule has 6 nitrogen and oxygen atoms in total. The van der Waals surface area contributed by atoms with E-state index in [1.165, 1.54) is 0 Å². The summed E-state index contributed by atoms with van der Waals surface area (Å²) in [5.41, 5.74) is 0. The van der Waals surface area contributed by atoms with Crippen LogP contribution < -0.4 is 14.8 Å². The van der Waals surface area contributed by atoms with Gasteiger partial charge in [-0.05, 0) is 25.0 Å². The van der Waals surface area contributed by atoms with E-state index in [4.69, 9.17) is 9.47 Å². The summed E-state index contributed by atoms with van der Waals surface area (Å²) in [5.74, 6) is 1.48. The smallest absolute Gasteiger partial charge is 0.239 e. The lowest BCUT2D eigenvalue weighted by molar-refractivity contribution is -0.135. The van der Waals surface area contributed by atoms with E-state index >= 15 is 0 Å². The molecular formula is C18H24N2O4. The number of fused-ring (bicyclic) bond motifs is 1. The third-order valence-electron chi connectivity index (χ3n) is 4.36. The van der Waals surface area contributed by atoms with E-state index in [9.17, 15) is 9.59 Å². The maximum absolute atomic E-state index is 12.0. The van der Waals surface area contributed by atoms with E-state index in [-0.39, 0.29) is 24.5 Å². The number of nitrogens with one attached hydrogen (secondary N) is 1. The fraction of sp³-hybridized carbons (Fsp3) is 0.556. The van der Waals surface area contributed by atoms with Crippen molar-refractivity contribution in [2.45, 2.75) is 38.2 Å². The number of hydrogen-bond donors (Lipinski definition) is 1. The molecule has 0 saturated carbocycles. The van der Waals surface area contributed by atoms with Crippen molar-refractivity contribution in [1.29, 1.82) is 0 Å². The Labute approximate surface area is 142 Å². The SMILES string of the molecule is O=C(CN1CCCCCC1=O)NCC[C@H]1COc2ccccc2O1. The maximum atomic E-state index is 12.0. The predicted molar refractivity (Wildman–Crippen MR) is 89.0 cm³/mol. The summed E-state index contributed by atoms with van der Waals surface area (Å²) < 4.78 is 11.5. The van der Waals surface area contributed by atoms with Crippen LogP contribution in [-0.4, -0.2) is 49.1 Å². The third-order valence-corrected chi connectivity index (χ3v) is 4.36. The summed E-state index contributed by atoms with van der Waals surface area (Å²) in [6, 6.07) is 7.58. The van der Waals surface area contributed by atoms with Gasteiger partial charge in [-0.15, -0.1) is 0 Å². The monoisotopic (exact) mass is 332 g/mol. The number of carbonyl (C=O) groups is 2. The van der Waals surface area contributed by atoms with Crippen molar-refractivity contribution >= 4 is 11.8 Å². The molecule has 2 aliphatic rings. The van der Waals surface area contributed by atoms with Gasteiger partial charge >= 0.3 is 0 Å². The third kappa shape index (κ3) is 4.40. The van der Waals surface area contributed by atoms with Gasteiger partial charge in [-0.2, -0.15) is 0 Å². The zero-order chi connectivity index (χ0) is 16.8. The number of rotatable bonds is 5. The first-order chi connectivity index (χ1) is 11.7. The molecule has 0 radical (unpaired) electrons. The van der Waals surface area contributed by atoms with Crippen LogP contribution in [0.2, 0.25) is 0 Å². The summed E-state index contributed by atoms with van der Waals surface area (Å²) in [6.45, 7) is 1.83. The lowest BCUT2D eigenvalue weighted by Crippen LogP contribution is -2.41. The largest absolute Gasteiger partial charge is 0.486 e. The molecule has 130 valence electrons. The van der Waals surface area contributed by atoms with Crippen molar-refractivity contribution in [3.05, 3.63) is 24.3 Å². The van der Waals surface area contributed by atoms with Gasteiger partial charge in [-0.25, -0.2) is 0 Å². The highest BCUT2D eigenvalue weighted by Crippen LogP contribution is 2.31. The summed E-state index contributed by atoms with van der Waals surface area (Å²) in [5, 5.41) is 2.87. The van der Waals surface area contributed by atoms with Gasteiger partial charge in [-0.1, -0.05) is 18.6 Å². The number of nitrogens with zero attached hydrogens (tertiary/aromatic N) is 1. The lowest BCUT2D eigenvalue weighted by atomic mass is 10.2. The average Bonchev–Trinajstić information content (AvgIpc) is 2.79. The fourth-order valence-corrected chi connectivity index (χ4v) is 3.01. The minimum absolute atomic E-state index is 0.0694. The van der Waals surface area contributed by atoms with Crippen LogP contribution in [-0.2, 0) is 9.59 Å². The van der Waals surface area contributed by atoms with E-state index in [0.717, 1.165) is 30.8 Å². The Morgan fingerprint density at radius 1 is 1.21 bits per heavy atom. The van der Waals surface area contributed by atoms with Gasteiger partial charge in [0.1, 0.15) is 12.7 Å². The number of hydrogen-bond acceptors (Lipinski definition) is 4. The van der Waals surface area contributed by atoms with E-state index in [1.54, 1.807) is 4.90 Å². The molecule has 0 spiro atoms. The zero-order valence-corrected chi connectivity index (χ0v) is 13.8. The minimum Gasteiger partial charge on any atom is -0.486 e. The van der Waals surface area contributed by atoms with Crippen LogP contribution in [0.5, 0.6) is 11.5 Å². The number of para-hydroxylation sites is 2. The number of carbonyl (C=O) groups excluding carboxylic acids is 2. The highest BCUT2D eigenvalue weighted by atomic mass is 16.6. The molecule has 1 N–H and O–H groups in total. The Hall–Kier alpha value is -2.24. The zero-order valence-electron chi connectivity index (χ0n) is 13.8. The molecule has 0 bridgehead atoms. The Morgan fingerprint density at radius 3 is 2.92 bits per heavy atom. The van der Waals surface area contributed by atoms with Crippen LogP contribution in [0.15, 0.2) is 24.3 Å². The van der Waals surface area contributed by atoms with Gasteiger partial charge in [0.15, 0.2) is 11.5 Å². The number of likely N-dealkylation sites (tertiary alicyclic amines) is 1. The molecule has 2 aliphatic heterocycles. The highest BCUT2D eigenvalue weighted by Gasteiger charge is 2.21. The van der Waals surface area contributed by atoms with Crippen LogP contribution in [0.1, 0.15) is 32.1 Å². The van der Waals surface area contributed by atoms with Gasteiger partial charge in [0.25, 0.3) is 0 Å². The molecule has 2 heterocycles. The molecule has 2 amide bonds. The van der Waals surface area contributed by atoms with E-state index < -0.39 is 0 Å². The molecular weight excluding hydrogens is 308 g/mol. The normalized spacial score (nSPS) is 20.4. The van der Waals surface area contributed by atoms with Crippen LogP contribution in [0.3, 0.4) is 0 Å². The quantitative estimate of drug-likeness (QED) is 0.892. The second kappa shape index (κ2) is 8.04. The lowest BCUT2D eigenvalue weighted by Gasteiger charge is -2.26. The van der Waals surface area contributed by atoms with Crippen molar-refractivity contribution in [3.8, 4) is 11.5 Å². The van der Waals surface area contributed by atoms with Crippen LogP contribution in [0.4, 0.5) is 0 Å². The number of ether oxygens (including phenoxy) is 2. The van der Waals surface area contributed by atoms with Gasteiger partial charge in [0, 0.05) is 25.9 Å². The Kier molecular flexibility index (Phi) is 5.56. The fourth-order valence-electron chi connectivity index (χ4n) is 3.01. The number of amides is 2. The molecule has 1 fully saturated rings. The summed E-state index contributed by atoms with van der Waals surface area (Å²) in [6.07, 6.45) is 4.13. The Balaban J connectivity index is 1.39. The molecule has 1 saturated heterocycles.